The number of nitrogens with one attached hydrogen (secondary N) is 1. The van der Waals surface area contributed by atoms with Crippen molar-refractivity contribution in [2.75, 3.05) is 53.0 Å². The molecule has 1 aromatic carbocycles. The van der Waals surface area contributed by atoms with Crippen LogP contribution in [-0.4, -0.2) is 68.7 Å². The van der Waals surface area contributed by atoms with E-state index in [1.54, 1.807) is 13.2 Å². The van der Waals surface area contributed by atoms with Gasteiger partial charge in [-0.2, -0.15) is 5.26 Å². The fourth-order valence-electron chi connectivity index (χ4n) is 2.66. The van der Waals surface area contributed by atoms with Crippen molar-refractivity contribution in [2.45, 2.75) is 6.54 Å². The van der Waals surface area contributed by atoms with Gasteiger partial charge in [-0.15, -0.1) is 0 Å². The van der Waals surface area contributed by atoms with E-state index in [0.29, 0.717) is 37.4 Å². The molecule has 0 aliphatic carbocycles. The Labute approximate surface area is 141 Å². The molecule has 1 aliphatic heterocycles. The average Bonchev–Trinajstić information content (AvgIpc) is 2.59. The van der Waals surface area contributed by atoms with Crippen molar-refractivity contribution in [3.63, 3.8) is 0 Å². The number of benzene rings is 1. The van der Waals surface area contributed by atoms with E-state index in [1.165, 1.54) is 12.1 Å². The van der Waals surface area contributed by atoms with Gasteiger partial charge < -0.3 is 10.1 Å². The molecule has 1 saturated heterocycles. The zero-order valence-electron chi connectivity index (χ0n) is 13.9. The third-order valence-corrected chi connectivity index (χ3v) is 4.03. The molecular formula is C17H23FN4O2. The zero-order chi connectivity index (χ0) is 17.4. The van der Waals surface area contributed by atoms with Crippen molar-refractivity contribution < 1.29 is 13.9 Å². The Kier molecular flexibility index (Phi) is 7.12. The first-order chi connectivity index (χ1) is 11.6. The van der Waals surface area contributed by atoms with Gasteiger partial charge in [0.05, 0.1) is 24.8 Å². The zero-order valence-corrected chi connectivity index (χ0v) is 13.9. The Morgan fingerprint density at radius 2 is 2.04 bits per heavy atom. The molecule has 24 heavy (non-hydrogen) atoms. The van der Waals surface area contributed by atoms with Crippen LogP contribution in [0.15, 0.2) is 18.2 Å². The number of rotatable bonds is 7. The lowest BCUT2D eigenvalue weighted by Crippen LogP contribution is -2.49. The smallest absolute Gasteiger partial charge is 0.234 e. The molecular weight excluding hydrogens is 311 g/mol. The van der Waals surface area contributed by atoms with E-state index in [1.807, 2.05) is 6.07 Å². The van der Waals surface area contributed by atoms with Crippen molar-refractivity contribution in [3.8, 4) is 6.07 Å². The topological polar surface area (TPSA) is 68.6 Å². The summed E-state index contributed by atoms with van der Waals surface area (Å²) in [5.41, 5.74) is 1.01. The molecule has 0 radical (unpaired) electrons. The lowest BCUT2D eigenvalue weighted by atomic mass is 10.1. The van der Waals surface area contributed by atoms with Crippen LogP contribution in [0.3, 0.4) is 0 Å². The van der Waals surface area contributed by atoms with Gasteiger partial charge >= 0.3 is 0 Å². The average molecular weight is 334 g/mol. The van der Waals surface area contributed by atoms with E-state index in [9.17, 15) is 9.18 Å². The third-order valence-electron chi connectivity index (χ3n) is 4.03. The van der Waals surface area contributed by atoms with Gasteiger partial charge in [-0.1, -0.05) is 0 Å². The summed E-state index contributed by atoms with van der Waals surface area (Å²) in [6, 6.07) is 6.46. The SMILES string of the molecule is COCCNC(=O)CN1CCN(Cc2cc(C#N)ccc2F)CC1. The van der Waals surface area contributed by atoms with Crippen molar-refractivity contribution in [2.24, 2.45) is 0 Å². The molecule has 130 valence electrons. The van der Waals surface area contributed by atoms with Crippen molar-refractivity contribution in [1.29, 1.82) is 5.26 Å². The van der Waals surface area contributed by atoms with E-state index in [2.05, 4.69) is 15.1 Å². The molecule has 0 saturated carbocycles. The molecule has 0 bridgehead atoms. The van der Waals surface area contributed by atoms with Gasteiger partial charge in [0, 0.05) is 51.9 Å². The predicted octanol–water partition coefficient (Wildman–Crippen LogP) is 0.578. The van der Waals surface area contributed by atoms with Crippen LogP contribution in [0.1, 0.15) is 11.1 Å². The highest BCUT2D eigenvalue weighted by Crippen LogP contribution is 2.14. The minimum absolute atomic E-state index is 0.00624. The summed E-state index contributed by atoms with van der Waals surface area (Å²) >= 11 is 0. The highest BCUT2D eigenvalue weighted by molar-refractivity contribution is 5.78. The van der Waals surface area contributed by atoms with Crippen LogP contribution in [0.25, 0.3) is 0 Å². The maximum Gasteiger partial charge on any atom is 0.234 e. The Bertz CT molecular complexity index is 595. The van der Waals surface area contributed by atoms with Crippen molar-refractivity contribution >= 4 is 5.91 Å². The van der Waals surface area contributed by atoms with Crippen LogP contribution in [0.5, 0.6) is 0 Å². The van der Waals surface area contributed by atoms with Gasteiger partial charge in [-0.3, -0.25) is 14.6 Å². The normalized spacial score (nSPS) is 15.9. The van der Waals surface area contributed by atoms with E-state index in [-0.39, 0.29) is 11.7 Å². The molecule has 0 unspecified atom stereocenters. The van der Waals surface area contributed by atoms with E-state index >= 15 is 0 Å². The third kappa shape index (κ3) is 5.57. The molecule has 6 nitrogen and oxygen atoms in total. The molecule has 0 spiro atoms. The van der Waals surface area contributed by atoms with Crippen LogP contribution in [0.2, 0.25) is 0 Å². The molecule has 7 heteroatoms. The monoisotopic (exact) mass is 334 g/mol. The number of amides is 1. The second kappa shape index (κ2) is 9.33. The summed E-state index contributed by atoms with van der Waals surface area (Å²) in [6.07, 6.45) is 0. The summed E-state index contributed by atoms with van der Waals surface area (Å²) in [4.78, 5) is 16.0. The minimum Gasteiger partial charge on any atom is -0.383 e. The van der Waals surface area contributed by atoms with Crippen LogP contribution in [-0.2, 0) is 16.1 Å². The first-order valence-corrected chi connectivity index (χ1v) is 8.01. The van der Waals surface area contributed by atoms with Crippen LogP contribution >= 0.6 is 0 Å². The van der Waals surface area contributed by atoms with Crippen LogP contribution in [0.4, 0.5) is 4.39 Å². The summed E-state index contributed by atoms with van der Waals surface area (Å²) in [6.45, 7) is 4.93. The quantitative estimate of drug-likeness (QED) is 0.739. The number of carbonyl (C=O) groups excluding carboxylic acids is 1. The fraction of sp³-hybridized carbons (Fsp3) is 0.529. The largest absolute Gasteiger partial charge is 0.383 e. The summed E-state index contributed by atoms with van der Waals surface area (Å²) in [5.74, 6) is -0.290. The predicted molar refractivity (Wildman–Crippen MR) is 87.7 cm³/mol. The molecule has 1 N–H and O–H groups in total. The number of ether oxygens (including phenoxy) is 1. The van der Waals surface area contributed by atoms with Gasteiger partial charge in [0.25, 0.3) is 0 Å². The second-order valence-corrected chi connectivity index (χ2v) is 5.81. The van der Waals surface area contributed by atoms with E-state index in [0.717, 1.165) is 26.2 Å². The molecule has 1 amide bonds. The highest BCUT2D eigenvalue weighted by Gasteiger charge is 2.19. The number of hydrogen-bond acceptors (Lipinski definition) is 5. The fourth-order valence-corrected chi connectivity index (χ4v) is 2.66. The Morgan fingerprint density at radius 3 is 2.71 bits per heavy atom. The van der Waals surface area contributed by atoms with Gasteiger partial charge in [-0.05, 0) is 18.2 Å². The number of piperazine rings is 1. The standard InChI is InChI=1S/C17H23FN4O2/c1-24-9-4-20-17(23)13-22-7-5-21(6-8-22)12-15-10-14(11-19)2-3-16(15)18/h2-3,10H,4-9,12-13H2,1H3,(H,20,23). The molecule has 1 fully saturated rings. The molecule has 1 aromatic rings. The number of methoxy groups -OCH3 is 1. The minimum atomic E-state index is -0.283. The van der Waals surface area contributed by atoms with Gasteiger partial charge in [-0.25, -0.2) is 4.39 Å². The Balaban J connectivity index is 1.77. The Morgan fingerprint density at radius 1 is 1.33 bits per heavy atom. The highest BCUT2D eigenvalue weighted by atomic mass is 19.1. The maximum atomic E-state index is 13.8. The molecule has 0 aromatic heterocycles. The number of nitrogens with zero attached hydrogens (tertiary/aromatic N) is 3. The number of hydrogen-bond donors (Lipinski definition) is 1. The Hall–Kier alpha value is -2.01. The van der Waals surface area contributed by atoms with Crippen LogP contribution in [0, 0.1) is 17.1 Å². The van der Waals surface area contributed by atoms with E-state index < -0.39 is 0 Å². The lowest BCUT2D eigenvalue weighted by molar-refractivity contribution is -0.122. The number of nitriles is 1. The summed E-state index contributed by atoms with van der Waals surface area (Å²) in [7, 11) is 1.60. The lowest BCUT2D eigenvalue weighted by Gasteiger charge is -2.34. The maximum absolute atomic E-state index is 13.8. The first kappa shape index (κ1) is 18.3. The van der Waals surface area contributed by atoms with Crippen LogP contribution < -0.4 is 5.32 Å². The molecule has 1 aliphatic rings. The first-order valence-electron chi connectivity index (χ1n) is 8.01. The van der Waals surface area contributed by atoms with Crippen molar-refractivity contribution in [1.82, 2.24) is 15.1 Å². The summed E-state index contributed by atoms with van der Waals surface area (Å²) in [5, 5.41) is 11.7. The molecule has 2 rings (SSSR count). The molecule has 0 atom stereocenters. The van der Waals surface area contributed by atoms with E-state index in [4.69, 9.17) is 10.00 Å². The van der Waals surface area contributed by atoms with Gasteiger partial charge in [0.1, 0.15) is 5.82 Å². The summed E-state index contributed by atoms with van der Waals surface area (Å²) < 4.78 is 18.7. The number of carbonyl (C=O) groups is 1. The van der Waals surface area contributed by atoms with Crippen molar-refractivity contribution in [3.05, 3.63) is 35.1 Å². The second-order valence-electron chi connectivity index (χ2n) is 5.81. The van der Waals surface area contributed by atoms with Gasteiger partial charge in [0.15, 0.2) is 0 Å². The van der Waals surface area contributed by atoms with Gasteiger partial charge in [0.2, 0.25) is 5.91 Å². The number of halogens is 1. The molecule has 1 heterocycles.